The molecule has 17 heavy (non-hydrogen) atoms. The molecule has 0 saturated carbocycles. The van der Waals surface area contributed by atoms with Crippen molar-refractivity contribution < 1.29 is 0 Å². The zero-order valence-electron chi connectivity index (χ0n) is 9.01. The molecule has 1 aromatic carbocycles. The van der Waals surface area contributed by atoms with Crippen molar-refractivity contribution >= 4 is 46.1 Å². The summed E-state index contributed by atoms with van der Waals surface area (Å²) in [4.78, 5) is 0.961. The lowest BCUT2D eigenvalue weighted by molar-refractivity contribution is 0.893. The maximum atomic E-state index is 6.18. The maximum absolute atomic E-state index is 6.18. The van der Waals surface area contributed by atoms with E-state index in [1.165, 1.54) is 11.3 Å². The minimum absolute atomic E-state index is 0.340. The quantitative estimate of drug-likeness (QED) is 0.824. The lowest BCUT2D eigenvalue weighted by atomic mass is 10.1. The minimum Gasteiger partial charge on any atom is -0.320 e. The van der Waals surface area contributed by atoms with Crippen molar-refractivity contribution in [2.45, 2.75) is 13.0 Å². The van der Waals surface area contributed by atoms with E-state index in [0.29, 0.717) is 10.0 Å². The summed E-state index contributed by atoms with van der Waals surface area (Å²) in [7, 11) is 0. The number of aryl methyl sites for hydroxylation is 1. The monoisotopic (exact) mass is 305 g/mol. The van der Waals surface area contributed by atoms with E-state index in [1.54, 1.807) is 18.2 Å². The third kappa shape index (κ3) is 2.61. The van der Waals surface area contributed by atoms with Gasteiger partial charge in [-0.05, 0) is 30.7 Å². The van der Waals surface area contributed by atoms with Crippen molar-refractivity contribution in [3.05, 3.63) is 54.7 Å². The van der Waals surface area contributed by atoms with Gasteiger partial charge in [-0.15, -0.1) is 11.3 Å². The molecule has 0 amide bonds. The second-order valence-corrected chi connectivity index (χ2v) is 6.22. The van der Waals surface area contributed by atoms with Gasteiger partial charge >= 0.3 is 0 Å². The average Bonchev–Trinajstić information content (AvgIpc) is 2.59. The predicted octanol–water partition coefficient (Wildman–Crippen LogP) is 5.06. The summed E-state index contributed by atoms with van der Waals surface area (Å²) < 4.78 is 0.749. The van der Waals surface area contributed by atoms with Crippen LogP contribution < -0.4 is 5.73 Å². The molecule has 1 unspecified atom stereocenters. The minimum atomic E-state index is -0.340. The summed E-state index contributed by atoms with van der Waals surface area (Å²) in [5, 5.41) is 1.15. The lowest BCUT2D eigenvalue weighted by Crippen LogP contribution is -2.11. The van der Waals surface area contributed by atoms with E-state index in [2.05, 4.69) is 0 Å². The molecule has 0 aliphatic rings. The van der Waals surface area contributed by atoms with Gasteiger partial charge < -0.3 is 5.73 Å². The fourth-order valence-electron chi connectivity index (χ4n) is 1.59. The van der Waals surface area contributed by atoms with Crippen LogP contribution in [-0.4, -0.2) is 0 Å². The SMILES string of the molecule is Cc1cc(C(N)c2c(Cl)cccc2Cl)sc1Cl. The van der Waals surface area contributed by atoms with Gasteiger partial charge in [-0.2, -0.15) is 0 Å². The number of hydrogen-bond acceptors (Lipinski definition) is 2. The first-order valence-electron chi connectivity index (χ1n) is 4.96. The molecular formula is C12H10Cl3NS. The molecule has 0 fully saturated rings. The van der Waals surface area contributed by atoms with E-state index in [9.17, 15) is 0 Å². The van der Waals surface area contributed by atoms with Gasteiger partial charge in [0, 0.05) is 20.5 Å². The van der Waals surface area contributed by atoms with Crippen LogP contribution in [0.2, 0.25) is 14.4 Å². The van der Waals surface area contributed by atoms with Crippen molar-refractivity contribution in [2.75, 3.05) is 0 Å². The molecule has 0 spiro atoms. The summed E-state index contributed by atoms with van der Waals surface area (Å²) in [6.07, 6.45) is 0. The first-order chi connectivity index (χ1) is 8.00. The Balaban J connectivity index is 2.47. The van der Waals surface area contributed by atoms with Gasteiger partial charge in [0.15, 0.2) is 0 Å². The van der Waals surface area contributed by atoms with Crippen molar-refractivity contribution in [1.29, 1.82) is 0 Å². The topological polar surface area (TPSA) is 26.0 Å². The molecule has 2 N–H and O–H groups in total. The lowest BCUT2D eigenvalue weighted by Gasteiger charge is -2.13. The van der Waals surface area contributed by atoms with Gasteiger partial charge in [0.1, 0.15) is 0 Å². The second kappa shape index (κ2) is 5.17. The van der Waals surface area contributed by atoms with Crippen LogP contribution in [-0.2, 0) is 0 Å². The van der Waals surface area contributed by atoms with Gasteiger partial charge in [0.05, 0.1) is 10.4 Å². The summed E-state index contributed by atoms with van der Waals surface area (Å²) in [5.41, 5.74) is 7.95. The Kier molecular flexibility index (Phi) is 4.01. The molecule has 2 rings (SSSR count). The molecule has 1 nitrogen and oxygen atoms in total. The van der Waals surface area contributed by atoms with E-state index >= 15 is 0 Å². The van der Waals surface area contributed by atoms with Gasteiger partial charge in [0.2, 0.25) is 0 Å². The third-order valence-corrected chi connectivity index (χ3v) is 4.79. The number of halogens is 3. The maximum Gasteiger partial charge on any atom is 0.0961 e. The first kappa shape index (κ1) is 13.2. The normalized spacial score (nSPS) is 12.8. The highest BCUT2D eigenvalue weighted by atomic mass is 35.5. The first-order valence-corrected chi connectivity index (χ1v) is 6.91. The van der Waals surface area contributed by atoms with Crippen molar-refractivity contribution in [2.24, 2.45) is 5.73 Å². The fraction of sp³-hybridized carbons (Fsp3) is 0.167. The van der Waals surface area contributed by atoms with Gasteiger partial charge in [-0.3, -0.25) is 0 Å². The van der Waals surface area contributed by atoms with E-state index in [4.69, 9.17) is 40.5 Å². The second-order valence-electron chi connectivity index (χ2n) is 3.72. The van der Waals surface area contributed by atoms with Gasteiger partial charge in [-0.25, -0.2) is 0 Å². The summed E-state index contributed by atoms with van der Waals surface area (Å²) in [6, 6.07) is 6.99. The molecular weight excluding hydrogens is 297 g/mol. The molecule has 1 atom stereocenters. The zero-order valence-corrected chi connectivity index (χ0v) is 12.1. The van der Waals surface area contributed by atoms with Crippen LogP contribution in [0.5, 0.6) is 0 Å². The highest BCUT2D eigenvalue weighted by Crippen LogP contribution is 2.37. The zero-order chi connectivity index (χ0) is 12.6. The van der Waals surface area contributed by atoms with Crippen molar-refractivity contribution in [3.63, 3.8) is 0 Å². The highest BCUT2D eigenvalue weighted by Gasteiger charge is 2.18. The van der Waals surface area contributed by atoms with E-state index in [0.717, 1.165) is 20.3 Å². The third-order valence-electron chi connectivity index (χ3n) is 2.49. The van der Waals surface area contributed by atoms with Crippen LogP contribution in [0, 0.1) is 6.92 Å². The number of thiophene rings is 1. The van der Waals surface area contributed by atoms with Crippen LogP contribution in [0.3, 0.4) is 0 Å². The van der Waals surface area contributed by atoms with Crippen molar-refractivity contribution in [3.8, 4) is 0 Å². The predicted molar refractivity (Wildman–Crippen MR) is 76.6 cm³/mol. The molecule has 1 heterocycles. The molecule has 0 aliphatic heterocycles. The molecule has 0 aliphatic carbocycles. The van der Waals surface area contributed by atoms with Crippen LogP contribution in [0.25, 0.3) is 0 Å². The number of rotatable bonds is 2. The Labute approximate surface area is 119 Å². The number of benzene rings is 1. The number of nitrogens with two attached hydrogens (primary N) is 1. The van der Waals surface area contributed by atoms with Gasteiger partial charge in [-0.1, -0.05) is 40.9 Å². The van der Waals surface area contributed by atoms with Crippen molar-refractivity contribution in [1.82, 2.24) is 0 Å². The van der Waals surface area contributed by atoms with Crippen LogP contribution >= 0.6 is 46.1 Å². The summed E-state index contributed by atoms with van der Waals surface area (Å²) in [6.45, 7) is 1.95. The Bertz CT molecular complexity index is 511. The van der Waals surface area contributed by atoms with Crippen LogP contribution in [0.1, 0.15) is 22.0 Å². The smallest absolute Gasteiger partial charge is 0.0961 e. The Morgan fingerprint density at radius 1 is 1.18 bits per heavy atom. The van der Waals surface area contributed by atoms with E-state index in [-0.39, 0.29) is 6.04 Å². The molecule has 90 valence electrons. The number of hydrogen-bond donors (Lipinski definition) is 1. The Morgan fingerprint density at radius 2 is 1.76 bits per heavy atom. The molecule has 0 saturated heterocycles. The van der Waals surface area contributed by atoms with E-state index in [1.807, 2.05) is 13.0 Å². The van der Waals surface area contributed by atoms with E-state index < -0.39 is 0 Å². The largest absolute Gasteiger partial charge is 0.320 e. The fourth-order valence-corrected chi connectivity index (χ4v) is 3.45. The molecule has 2 aromatic rings. The average molecular weight is 307 g/mol. The summed E-state index contributed by atoms with van der Waals surface area (Å²) in [5.74, 6) is 0. The Morgan fingerprint density at radius 3 is 2.24 bits per heavy atom. The van der Waals surface area contributed by atoms with Crippen LogP contribution in [0.4, 0.5) is 0 Å². The molecule has 5 heteroatoms. The highest BCUT2D eigenvalue weighted by molar-refractivity contribution is 7.16. The van der Waals surface area contributed by atoms with Crippen LogP contribution in [0.15, 0.2) is 24.3 Å². The Hall–Kier alpha value is -0.250. The van der Waals surface area contributed by atoms with Gasteiger partial charge in [0.25, 0.3) is 0 Å². The molecule has 1 aromatic heterocycles. The summed E-state index contributed by atoms with van der Waals surface area (Å²) >= 11 is 19.8. The standard InChI is InChI=1S/C12H10Cl3NS/c1-6-5-9(17-12(6)15)11(16)10-7(13)3-2-4-8(10)14/h2-5,11H,16H2,1H3. The molecule has 0 radical (unpaired) electrons. The molecule has 0 bridgehead atoms.